The Morgan fingerprint density at radius 2 is 0.867 bits per heavy atom. The molecule has 0 aliphatic rings. The van der Waals surface area contributed by atoms with Gasteiger partial charge in [0, 0.05) is 22.2 Å². The van der Waals surface area contributed by atoms with Gasteiger partial charge in [-0.25, -0.2) is 17.6 Å². The molecule has 0 N–H and O–H groups in total. The summed E-state index contributed by atoms with van der Waals surface area (Å²) >= 11 is 0. The van der Waals surface area contributed by atoms with Crippen molar-refractivity contribution in [1.82, 2.24) is 0 Å². The molecule has 4 heteroatoms. The van der Waals surface area contributed by atoms with E-state index in [1.807, 2.05) is 55.4 Å². The zero-order chi connectivity index (χ0) is 35.8. The first-order valence-electron chi connectivity index (χ1n) is 19.5. The molecule has 45 heavy (non-hydrogen) atoms. The van der Waals surface area contributed by atoms with Gasteiger partial charge in [-0.2, -0.15) is 0 Å². The Hall–Kier alpha value is -0.280. The van der Waals surface area contributed by atoms with Gasteiger partial charge in [-0.1, -0.05) is 117 Å². The maximum absolute atomic E-state index is 18.5. The Bertz CT molecular complexity index is 826. The van der Waals surface area contributed by atoms with Crippen molar-refractivity contribution in [2.24, 2.45) is 44.3 Å². The molecule has 0 aliphatic carbocycles. The molecule has 3 atom stereocenters. The van der Waals surface area contributed by atoms with Crippen LogP contribution in [0.4, 0.5) is 17.6 Å². The molecule has 0 amide bonds. The SMILES string of the molecule is CCC(C)CC(C)(CC)C(CC)(CC)C(F)(F)C(C)(CC)C(CC)(CC)CC(CC)(CC)C(CC)(CC)C(F)(F)C(CC)CC. The van der Waals surface area contributed by atoms with Crippen LogP contribution >= 0.6 is 0 Å². The Balaban J connectivity index is 8.03. The van der Waals surface area contributed by atoms with Crippen molar-refractivity contribution >= 4 is 0 Å². The van der Waals surface area contributed by atoms with Crippen molar-refractivity contribution in [3.63, 3.8) is 0 Å². The van der Waals surface area contributed by atoms with Gasteiger partial charge in [-0.15, -0.1) is 0 Å². The van der Waals surface area contributed by atoms with Gasteiger partial charge in [0.1, 0.15) is 0 Å². The monoisotopic (exact) mass is 649 g/mol. The maximum Gasteiger partial charge on any atom is 0.259 e. The highest BCUT2D eigenvalue weighted by Gasteiger charge is 2.73. The second-order valence-electron chi connectivity index (χ2n) is 15.8. The molecule has 0 bridgehead atoms. The van der Waals surface area contributed by atoms with Gasteiger partial charge in [0.15, 0.2) is 0 Å². The molecule has 272 valence electrons. The van der Waals surface area contributed by atoms with Crippen LogP contribution in [0.5, 0.6) is 0 Å². The molecule has 0 saturated heterocycles. The molecule has 0 nitrogen and oxygen atoms in total. The summed E-state index contributed by atoms with van der Waals surface area (Å²) in [6.45, 7) is 32.3. The molecule has 0 aromatic rings. The zero-order valence-corrected chi connectivity index (χ0v) is 33.3. The summed E-state index contributed by atoms with van der Waals surface area (Å²) in [5, 5.41) is 0. The second kappa shape index (κ2) is 16.9. The summed E-state index contributed by atoms with van der Waals surface area (Å²) in [5.41, 5.74) is -5.96. The molecule has 0 heterocycles. The van der Waals surface area contributed by atoms with Crippen molar-refractivity contribution in [3.8, 4) is 0 Å². The summed E-state index contributed by atoms with van der Waals surface area (Å²) in [7, 11) is 0. The van der Waals surface area contributed by atoms with Crippen LogP contribution in [0.3, 0.4) is 0 Å². The van der Waals surface area contributed by atoms with Crippen molar-refractivity contribution in [2.75, 3.05) is 0 Å². The Morgan fingerprint density at radius 1 is 0.467 bits per heavy atom. The lowest BCUT2D eigenvalue weighted by Gasteiger charge is -2.65. The third-order valence-corrected chi connectivity index (χ3v) is 15.6. The normalized spacial score (nSPS) is 17.8. The lowest BCUT2D eigenvalue weighted by molar-refractivity contribution is -0.299. The van der Waals surface area contributed by atoms with Gasteiger partial charge >= 0.3 is 0 Å². The zero-order valence-electron chi connectivity index (χ0n) is 33.3. The molecule has 3 unspecified atom stereocenters. The quantitative estimate of drug-likeness (QED) is 0.0914. The van der Waals surface area contributed by atoms with Crippen LogP contribution in [0.25, 0.3) is 0 Å². The van der Waals surface area contributed by atoms with E-state index in [0.29, 0.717) is 89.4 Å². The fourth-order valence-electron chi connectivity index (χ4n) is 11.5. The number of rotatable bonds is 24. The van der Waals surface area contributed by atoms with Crippen molar-refractivity contribution < 1.29 is 17.6 Å². The minimum atomic E-state index is -3.01. The Labute approximate surface area is 280 Å². The molecule has 0 radical (unpaired) electrons. The average Bonchev–Trinajstić information content (AvgIpc) is 3.03. The number of hydrogen-bond acceptors (Lipinski definition) is 0. The topological polar surface area (TPSA) is 0 Å². The molecular formula is C41H80F4. The van der Waals surface area contributed by atoms with Crippen molar-refractivity contribution in [2.45, 2.75) is 219 Å². The second-order valence-corrected chi connectivity index (χ2v) is 15.8. The standard InChI is InChI=1S/C41H80F4/c1-17-32(14)30-34(15,20-4)38(26-10,27-11)41(44,45)35(16,21-5)36(22-6,23-7)31-37(24-8,25-9)39(28-12,29-13)40(42,43)33(18-2)19-3/h32-33H,17-31H2,1-16H3. The molecule has 0 aromatic heterocycles. The van der Waals surface area contributed by atoms with E-state index in [2.05, 4.69) is 55.4 Å². The van der Waals surface area contributed by atoms with E-state index in [1.165, 1.54) is 0 Å². The number of hydrogen-bond donors (Lipinski definition) is 0. The highest BCUT2D eigenvalue weighted by molar-refractivity contribution is 5.16. The fourth-order valence-corrected chi connectivity index (χ4v) is 11.5. The predicted octanol–water partition coefficient (Wildman–Crippen LogP) is 15.6. The lowest BCUT2D eigenvalue weighted by atomic mass is 9.41. The van der Waals surface area contributed by atoms with Crippen LogP contribution in [0.2, 0.25) is 0 Å². The highest BCUT2D eigenvalue weighted by atomic mass is 19.3. The van der Waals surface area contributed by atoms with Crippen molar-refractivity contribution in [3.05, 3.63) is 0 Å². The summed E-state index contributed by atoms with van der Waals surface area (Å²) < 4.78 is 71.3. The van der Waals surface area contributed by atoms with Gasteiger partial charge in [-0.05, 0) is 112 Å². The van der Waals surface area contributed by atoms with E-state index in [1.54, 1.807) is 0 Å². The van der Waals surface area contributed by atoms with Gasteiger partial charge in [0.05, 0.1) is 0 Å². The maximum atomic E-state index is 18.5. The van der Waals surface area contributed by atoms with Crippen LogP contribution < -0.4 is 0 Å². The minimum Gasteiger partial charge on any atom is -0.206 e. The first-order valence-corrected chi connectivity index (χ1v) is 19.5. The molecule has 0 saturated carbocycles. The van der Waals surface area contributed by atoms with Crippen LogP contribution in [-0.4, -0.2) is 11.8 Å². The van der Waals surface area contributed by atoms with Crippen LogP contribution in [-0.2, 0) is 0 Å². The molecule has 0 rings (SSSR count). The van der Waals surface area contributed by atoms with Gasteiger partial charge < -0.3 is 0 Å². The third kappa shape index (κ3) is 6.68. The average molecular weight is 649 g/mol. The lowest BCUT2D eigenvalue weighted by Crippen LogP contribution is -2.65. The number of halogens is 4. The van der Waals surface area contributed by atoms with Crippen LogP contribution in [0.15, 0.2) is 0 Å². The summed E-state index contributed by atoms with van der Waals surface area (Å²) in [5.74, 6) is -6.26. The van der Waals surface area contributed by atoms with Gasteiger partial charge in [-0.3, -0.25) is 0 Å². The molecule has 0 aliphatic heterocycles. The first kappa shape index (κ1) is 44.7. The van der Waals surface area contributed by atoms with E-state index in [0.717, 1.165) is 12.8 Å². The first-order chi connectivity index (χ1) is 20.8. The minimum absolute atomic E-state index is 0.324. The van der Waals surface area contributed by atoms with E-state index in [4.69, 9.17) is 0 Å². The Morgan fingerprint density at radius 3 is 1.13 bits per heavy atom. The molecule has 0 fully saturated rings. The number of alkyl halides is 4. The molecule has 0 aromatic carbocycles. The van der Waals surface area contributed by atoms with Crippen molar-refractivity contribution in [1.29, 1.82) is 0 Å². The molecule has 0 spiro atoms. The fraction of sp³-hybridized carbons (Fsp3) is 1.00. The van der Waals surface area contributed by atoms with E-state index >= 15 is 17.6 Å². The van der Waals surface area contributed by atoms with Gasteiger partial charge in [0.2, 0.25) is 0 Å². The summed E-state index contributed by atoms with van der Waals surface area (Å²) in [4.78, 5) is 0. The smallest absolute Gasteiger partial charge is 0.206 e. The van der Waals surface area contributed by atoms with Gasteiger partial charge in [0.25, 0.3) is 11.8 Å². The highest BCUT2D eigenvalue weighted by Crippen LogP contribution is 2.73. The van der Waals surface area contributed by atoms with Crippen LogP contribution in [0.1, 0.15) is 207 Å². The predicted molar refractivity (Wildman–Crippen MR) is 192 cm³/mol. The van der Waals surface area contributed by atoms with Crippen LogP contribution in [0, 0.1) is 44.3 Å². The largest absolute Gasteiger partial charge is 0.259 e. The summed E-state index contributed by atoms with van der Waals surface area (Å²) in [6, 6.07) is 0. The third-order valence-electron chi connectivity index (χ3n) is 15.6. The Kier molecular flexibility index (Phi) is 16.8. The van der Waals surface area contributed by atoms with E-state index in [-0.39, 0.29) is 0 Å². The van der Waals surface area contributed by atoms with E-state index < -0.39 is 50.3 Å². The molecular weight excluding hydrogens is 568 g/mol. The van der Waals surface area contributed by atoms with E-state index in [9.17, 15) is 0 Å². The summed E-state index contributed by atoms with van der Waals surface area (Å²) in [6.07, 6.45) is 7.81.